The zero-order valence-electron chi connectivity index (χ0n) is 21.9. The number of aromatic nitrogens is 1. The first-order valence-electron chi connectivity index (χ1n) is 12.1. The molecule has 0 spiro atoms. The molecule has 1 aliphatic heterocycles. The molecular weight excluding hydrogens is 406 g/mol. The van der Waals surface area contributed by atoms with Crippen molar-refractivity contribution in [3.05, 3.63) is 18.3 Å². The molecule has 0 atom stereocenters. The topological polar surface area (TPSA) is 72.0 Å². The van der Waals surface area contributed by atoms with Crippen molar-refractivity contribution in [2.75, 3.05) is 37.7 Å². The first-order valence-corrected chi connectivity index (χ1v) is 12.1. The fraction of sp³-hybridized carbons (Fsp3) is 0.720. The van der Waals surface area contributed by atoms with Gasteiger partial charge in [-0.1, -0.05) is 41.5 Å². The van der Waals surface area contributed by atoms with E-state index in [2.05, 4.69) is 9.88 Å². The molecule has 0 bridgehead atoms. The van der Waals surface area contributed by atoms with E-state index in [0.717, 1.165) is 43.8 Å². The Morgan fingerprint density at radius 1 is 1.00 bits per heavy atom. The number of ether oxygens (including phenoxy) is 2. The number of rotatable bonds is 7. The van der Waals surface area contributed by atoms with Crippen molar-refractivity contribution < 1.29 is 19.1 Å². The fourth-order valence-electron chi connectivity index (χ4n) is 2.61. The molecule has 7 nitrogen and oxygen atoms in total. The molecule has 2 heterocycles. The molecule has 0 saturated carbocycles. The average Bonchev–Trinajstić information content (AvgIpc) is 2.82. The Bertz CT molecular complexity index is 578. The van der Waals surface area contributed by atoms with Crippen LogP contribution >= 0.6 is 0 Å². The summed E-state index contributed by atoms with van der Waals surface area (Å²) in [4.78, 5) is 30.7. The van der Waals surface area contributed by atoms with Crippen LogP contribution in [-0.4, -0.2) is 60.7 Å². The predicted molar refractivity (Wildman–Crippen MR) is 134 cm³/mol. The number of pyridine rings is 1. The van der Waals surface area contributed by atoms with E-state index in [-0.39, 0.29) is 6.09 Å². The lowest BCUT2D eigenvalue weighted by Gasteiger charge is -2.36. The van der Waals surface area contributed by atoms with Gasteiger partial charge >= 0.3 is 6.09 Å². The molecule has 1 saturated heterocycles. The highest BCUT2D eigenvalue weighted by molar-refractivity contribution is 5.68. The van der Waals surface area contributed by atoms with Gasteiger partial charge in [-0.05, 0) is 45.7 Å². The van der Waals surface area contributed by atoms with Crippen LogP contribution in [0.15, 0.2) is 18.3 Å². The highest BCUT2D eigenvalue weighted by Crippen LogP contribution is 2.19. The van der Waals surface area contributed by atoms with Crippen LogP contribution in [0.1, 0.15) is 81.6 Å². The van der Waals surface area contributed by atoms with E-state index < -0.39 is 5.60 Å². The van der Waals surface area contributed by atoms with Crippen molar-refractivity contribution in [3.8, 4) is 5.75 Å². The summed E-state index contributed by atoms with van der Waals surface area (Å²) >= 11 is 0. The van der Waals surface area contributed by atoms with Gasteiger partial charge in [0.1, 0.15) is 23.5 Å². The summed E-state index contributed by atoms with van der Waals surface area (Å²) in [6.07, 6.45) is 4.66. The monoisotopic (exact) mass is 453 g/mol. The second kappa shape index (κ2) is 19.4. The number of piperazine rings is 1. The van der Waals surface area contributed by atoms with Crippen molar-refractivity contribution in [2.24, 2.45) is 0 Å². The number of hydrogen-bond acceptors (Lipinski definition) is 6. The molecule has 1 amide bonds. The van der Waals surface area contributed by atoms with Gasteiger partial charge in [-0.3, -0.25) is 0 Å². The molecule has 2 rings (SSSR count). The van der Waals surface area contributed by atoms with Crippen LogP contribution in [0, 0.1) is 0 Å². The van der Waals surface area contributed by atoms with Crippen LogP contribution in [0.5, 0.6) is 5.75 Å². The maximum Gasteiger partial charge on any atom is 0.410 e. The molecule has 1 aromatic rings. The Labute approximate surface area is 196 Å². The molecule has 0 aromatic carbocycles. The number of anilines is 1. The number of unbranched alkanes of at least 4 members (excludes halogenated alkanes) is 2. The Morgan fingerprint density at radius 3 is 2.06 bits per heavy atom. The van der Waals surface area contributed by atoms with Crippen molar-refractivity contribution in [2.45, 2.75) is 87.2 Å². The Kier molecular flexibility index (Phi) is 19.3. The molecule has 186 valence electrons. The van der Waals surface area contributed by atoms with Gasteiger partial charge in [0.25, 0.3) is 0 Å². The van der Waals surface area contributed by atoms with Gasteiger partial charge in [-0.15, -0.1) is 0 Å². The Balaban J connectivity index is 0. The summed E-state index contributed by atoms with van der Waals surface area (Å²) in [5.41, 5.74) is -0.473. The lowest BCUT2D eigenvalue weighted by molar-refractivity contribution is -0.107. The Hall–Kier alpha value is -2.31. The van der Waals surface area contributed by atoms with E-state index in [4.69, 9.17) is 9.47 Å². The first kappa shape index (κ1) is 31.9. The maximum absolute atomic E-state index is 12.1. The van der Waals surface area contributed by atoms with Gasteiger partial charge in [0.05, 0.1) is 12.8 Å². The van der Waals surface area contributed by atoms with Crippen molar-refractivity contribution in [1.29, 1.82) is 0 Å². The third-order valence-corrected chi connectivity index (χ3v) is 3.96. The molecule has 0 radical (unpaired) electrons. The quantitative estimate of drug-likeness (QED) is 0.374. The molecule has 0 aliphatic carbocycles. The largest absolute Gasteiger partial charge is 0.492 e. The number of hydrogen-bond donors (Lipinski definition) is 0. The highest BCUT2D eigenvalue weighted by Gasteiger charge is 2.26. The van der Waals surface area contributed by atoms with Gasteiger partial charge in [-0.25, -0.2) is 9.78 Å². The van der Waals surface area contributed by atoms with Gasteiger partial charge in [-0.2, -0.15) is 0 Å². The summed E-state index contributed by atoms with van der Waals surface area (Å²) in [6.45, 7) is 20.9. The summed E-state index contributed by atoms with van der Waals surface area (Å²) in [7, 11) is 0. The van der Waals surface area contributed by atoms with Gasteiger partial charge in [0.15, 0.2) is 0 Å². The predicted octanol–water partition coefficient (Wildman–Crippen LogP) is 5.97. The number of aldehydes is 1. The SMILES string of the molecule is CC.CC.CC.CC(C)(C)OC(=O)N1CCN(c2ccc(OCCCCC=O)cn2)CC1. The summed E-state index contributed by atoms with van der Waals surface area (Å²) < 4.78 is 11.0. The normalized spacial score (nSPS) is 12.7. The standard InChI is InChI=1S/C19H29N3O4.3C2H6/c1-19(2,3)26-18(24)22-11-9-21(10-12-22)17-8-7-16(15-20-17)25-14-6-4-5-13-23;3*1-2/h7-8,13,15H,4-6,9-12,14H2,1-3H3;3*1-2H3. The molecule has 1 aliphatic rings. The lowest BCUT2D eigenvalue weighted by Crippen LogP contribution is -2.50. The van der Waals surface area contributed by atoms with Crippen molar-refractivity contribution in [3.63, 3.8) is 0 Å². The van der Waals surface area contributed by atoms with Crippen molar-refractivity contribution >= 4 is 18.2 Å². The molecule has 7 heteroatoms. The number of nitrogens with zero attached hydrogens (tertiary/aromatic N) is 3. The minimum Gasteiger partial charge on any atom is -0.492 e. The van der Waals surface area contributed by atoms with E-state index in [0.29, 0.717) is 26.1 Å². The van der Waals surface area contributed by atoms with Crippen LogP contribution in [0.3, 0.4) is 0 Å². The third-order valence-electron chi connectivity index (χ3n) is 3.96. The summed E-state index contributed by atoms with van der Waals surface area (Å²) in [6, 6.07) is 3.84. The van der Waals surface area contributed by atoms with E-state index in [1.807, 2.05) is 74.4 Å². The smallest absolute Gasteiger partial charge is 0.410 e. The number of carbonyl (C=O) groups excluding carboxylic acids is 2. The van der Waals surface area contributed by atoms with Gasteiger partial charge < -0.3 is 24.1 Å². The molecular formula is C25H47N3O4. The highest BCUT2D eigenvalue weighted by atomic mass is 16.6. The average molecular weight is 454 g/mol. The zero-order chi connectivity index (χ0) is 25.0. The van der Waals surface area contributed by atoms with E-state index in [9.17, 15) is 9.59 Å². The van der Waals surface area contributed by atoms with Gasteiger partial charge in [0.2, 0.25) is 0 Å². The van der Waals surface area contributed by atoms with E-state index in [1.54, 1.807) is 11.1 Å². The molecule has 32 heavy (non-hydrogen) atoms. The van der Waals surface area contributed by atoms with Crippen LogP contribution in [0.4, 0.5) is 10.6 Å². The minimum atomic E-state index is -0.473. The zero-order valence-corrected chi connectivity index (χ0v) is 21.9. The van der Waals surface area contributed by atoms with Crippen molar-refractivity contribution in [1.82, 2.24) is 9.88 Å². The fourth-order valence-corrected chi connectivity index (χ4v) is 2.61. The maximum atomic E-state index is 12.1. The molecule has 0 unspecified atom stereocenters. The number of amides is 1. The van der Waals surface area contributed by atoms with Crippen LogP contribution in [0.2, 0.25) is 0 Å². The molecule has 1 aromatic heterocycles. The van der Waals surface area contributed by atoms with E-state index in [1.165, 1.54) is 0 Å². The van der Waals surface area contributed by atoms with Crippen LogP contribution in [-0.2, 0) is 9.53 Å². The van der Waals surface area contributed by atoms with Crippen LogP contribution in [0.25, 0.3) is 0 Å². The second-order valence-corrected chi connectivity index (χ2v) is 7.32. The third kappa shape index (κ3) is 13.9. The first-order chi connectivity index (χ1) is 15.4. The minimum absolute atomic E-state index is 0.261. The Morgan fingerprint density at radius 2 is 1.59 bits per heavy atom. The summed E-state index contributed by atoms with van der Waals surface area (Å²) in [5.74, 6) is 1.61. The second-order valence-electron chi connectivity index (χ2n) is 7.32. The van der Waals surface area contributed by atoms with E-state index >= 15 is 0 Å². The lowest BCUT2D eigenvalue weighted by atomic mass is 10.2. The summed E-state index contributed by atoms with van der Waals surface area (Å²) in [5, 5.41) is 0. The van der Waals surface area contributed by atoms with Crippen LogP contribution < -0.4 is 9.64 Å². The molecule has 1 fully saturated rings. The molecule has 0 N–H and O–H groups in total. The number of carbonyl (C=O) groups is 2. The van der Waals surface area contributed by atoms with Gasteiger partial charge in [0, 0.05) is 32.6 Å².